The van der Waals surface area contributed by atoms with Crippen molar-refractivity contribution < 1.29 is 19.0 Å². The van der Waals surface area contributed by atoms with E-state index in [4.69, 9.17) is 8.83 Å². The van der Waals surface area contributed by atoms with E-state index in [1.807, 2.05) is 0 Å². The van der Waals surface area contributed by atoms with Crippen molar-refractivity contribution in [3.8, 4) is 22.8 Å². The minimum atomic E-state index is -0.571. The zero-order valence-electron chi connectivity index (χ0n) is 12.1. The van der Waals surface area contributed by atoms with E-state index < -0.39 is 11.1 Å². The van der Waals surface area contributed by atoms with Gasteiger partial charge in [-0.1, -0.05) is 0 Å². The summed E-state index contributed by atoms with van der Waals surface area (Å²) in [6, 6.07) is 11.3. The molecule has 0 bridgehead atoms. The van der Waals surface area contributed by atoms with Crippen molar-refractivity contribution in [1.82, 2.24) is 0 Å². The average Bonchev–Trinajstić information content (AvgIpc) is 2.54. The van der Waals surface area contributed by atoms with Gasteiger partial charge in [0.15, 0.2) is 11.0 Å². The maximum atomic E-state index is 12.4. The predicted molar refractivity (Wildman–Crippen MR) is 87.3 cm³/mol. The average molecular weight is 322 g/mol. The van der Waals surface area contributed by atoms with Crippen LogP contribution in [0.25, 0.3) is 33.3 Å². The Morgan fingerprint density at radius 1 is 0.833 bits per heavy atom. The SMILES string of the molecule is O=c1ccc2c(cc(O)c3c(=O)cc(-c4ccc(O)cc4)oc32)o1. The third-order valence-corrected chi connectivity index (χ3v) is 3.73. The molecule has 2 heterocycles. The Bertz CT molecular complexity index is 1200. The van der Waals surface area contributed by atoms with Crippen LogP contribution >= 0.6 is 0 Å². The van der Waals surface area contributed by atoms with Crippen molar-refractivity contribution >= 4 is 21.9 Å². The van der Waals surface area contributed by atoms with E-state index in [0.29, 0.717) is 10.9 Å². The van der Waals surface area contributed by atoms with Gasteiger partial charge in [0, 0.05) is 23.8 Å². The quantitative estimate of drug-likeness (QED) is 0.413. The minimum Gasteiger partial charge on any atom is -0.508 e. The molecule has 6 heteroatoms. The van der Waals surface area contributed by atoms with Crippen LogP contribution in [0.2, 0.25) is 0 Å². The molecule has 24 heavy (non-hydrogen) atoms. The highest BCUT2D eigenvalue weighted by atomic mass is 16.4. The normalized spacial score (nSPS) is 11.2. The summed E-state index contributed by atoms with van der Waals surface area (Å²) < 4.78 is 10.8. The third kappa shape index (κ3) is 2.13. The number of rotatable bonds is 1. The fourth-order valence-corrected chi connectivity index (χ4v) is 2.62. The summed E-state index contributed by atoms with van der Waals surface area (Å²) in [5.41, 5.74) is -0.160. The van der Waals surface area contributed by atoms with Crippen LogP contribution in [0, 0.1) is 0 Å². The zero-order chi connectivity index (χ0) is 16.8. The van der Waals surface area contributed by atoms with Crippen LogP contribution in [-0.4, -0.2) is 10.2 Å². The first-order valence-electron chi connectivity index (χ1n) is 7.06. The molecule has 0 amide bonds. The Morgan fingerprint density at radius 3 is 2.33 bits per heavy atom. The molecule has 0 aliphatic heterocycles. The minimum absolute atomic E-state index is 0.0128. The van der Waals surface area contributed by atoms with Gasteiger partial charge in [-0.3, -0.25) is 4.79 Å². The van der Waals surface area contributed by atoms with Crippen molar-refractivity contribution in [2.24, 2.45) is 0 Å². The fourth-order valence-electron chi connectivity index (χ4n) is 2.62. The molecule has 0 spiro atoms. The largest absolute Gasteiger partial charge is 0.508 e. The number of phenols is 2. The Morgan fingerprint density at radius 2 is 1.58 bits per heavy atom. The number of aromatic hydroxyl groups is 2. The topological polar surface area (TPSA) is 101 Å². The molecular formula is C18H10O6. The smallest absolute Gasteiger partial charge is 0.336 e. The summed E-state index contributed by atoms with van der Waals surface area (Å²) in [6.45, 7) is 0. The maximum Gasteiger partial charge on any atom is 0.336 e. The summed E-state index contributed by atoms with van der Waals surface area (Å²) in [7, 11) is 0. The Labute approximate surface area is 133 Å². The molecule has 6 nitrogen and oxygen atoms in total. The van der Waals surface area contributed by atoms with E-state index >= 15 is 0 Å². The number of hydrogen-bond donors (Lipinski definition) is 2. The van der Waals surface area contributed by atoms with E-state index in [2.05, 4.69) is 0 Å². The highest BCUT2D eigenvalue weighted by Crippen LogP contribution is 2.33. The summed E-state index contributed by atoms with van der Waals surface area (Å²) in [5, 5.41) is 19.9. The first-order chi connectivity index (χ1) is 11.5. The van der Waals surface area contributed by atoms with Crippen molar-refractivity contribution in [1.29, 1.82) is 0 Å². The highest BCUT2D eigenvalue weighted by molar-refractivity contribution is 6.05. The molecule has 2 aromatic carbocycles. The molecule has 0 saturated heterocycles. The van der Waals surface area contributed by atoms with Crippen LogP contribution < -0.4 is 11.1 Å². The van der Waals surface area contributed by atoms with E-state index in [9.17, 15) is 19.8 Å². The second-order valence-electron chi connectivity index (χ2n) is 5.29. The summed E-state index contributed by atoms with van der Waals surface area (Å²) in [6.07, 6.45) is 0. The first kappa shape index (κ1) is 14.1. The van der Waals surface area contributed by atoms with Crippen molar-refractivity contribution in [2.75, 3.05) is 0 Å². The van der Waals surface area contributed by atoms with Crippen molar-refractivity contribution in [2.45, 2.75) is 0 Å². The molecule has 0 radical (unpaired) electrons. The van der Waals surface area contributed by atoms with Gasteiger partial charge in [0.25, 0.3) is 0 Å². The van der Waals surface area contributed by atoms with Crippen LogP contribution in [0.4, 0.5) is 0 Å². The van der Waals surface area contributed by atoms with Gasteiger partial charge in [-0.2, -0.15) is 0 Å². The fraction of sp³-hybridized carbons (Fsp3) is 0. The van der Waals surface area contributed by atoms with Crippen LogP contribution in [-0.2, 0) is 0 Å². The molecule has 0 aliphatic carbocycles. The predicted octanol–water partition coefficient (Wildman–Crippen LogP) is 2.98. The lowest BCUT2D eigenvalue weighted by atomic mass is 10.1. The molecule has 4 aromatic rings. The Kier molecular flexibility index (Phi) is 2.93. The molecule has 2 N–H and O–H groups in total. The van der Waals surface area contributed by atoms with Crippen LogP contribution in [0.5, 0.6) is 11.5 Å². The Balaban J connectivity index is 2.13. The highest BCUT2D eigenvalue weighted by Gasteiger charge is 2.15. The third-order valence-electron chi connectivity index (χ3n) is 3.73. The van der Waals surface area contributed by atoms with Crippen LogP contribution in [0.15, 0.2) is 67.0 Å². The molecule has 2 aromatic heterocycles. The van der Waals surface area contributed by atoms with E-state index in [0.717, 1.165) is 0 Å². The molecule has 0 atom stereocenters. The lowest BCUT2D eigenvalue weighted by Gasteiger charge is -2.07. The molecular weight excluding hydrogens is 312 g/mol. The zero-order valence-corrected chi connectivity index (χ0v) is 12.1. The van der Waals surface area contributed by atoms with Gasteiger partial charge in [-0.15, -0.1) is 0 Å². The summed E-state index contributed by atoms with van der Waals surface area (Å²) in [5.74, 6) is 0.0372. The summed E-state index contributed by atoms with van der Waals surface area (Å²) >= 11 is 0. The molecule has 0 fully saturated rings. The molecule has 4 rings (SSSR count). The number of fused-ring (bicyclic) bond motifs is 3. The molecule has 118 valence electrons. The van der Waals surface area contributed by atoms with E-state index in [1.165, 1.54) is 36.4 Å². The van der Waals surface area contributed by atoms with Gasteiger partial charge in [-0.05, 0) is 30.3 Å². The number of benzene rings is 2. The van der Waals surface area contributed by atoms with Gasteiger partial charge in [0.1, 0.15) is 28.2 Å². The molecule has 0 aliphatic rings. The molecule has 0 saturated carbocycles. The van der Waals surface area contributed by atoms with Gasteiger partial charge in [-0.25, -0.2) is 4.79 Å². The van der Waals surface area contributed by atoms with E-state index in [-0.39, 0.29) is 33.8 Å². The lowest BCUT2D eigenvalue weighted by molar-refractivity contribution is 0.475. The van der Waals surface area contributed by atoms with E-state index in [1.54, 1.807) is 12.1 Å². The van der Waals surface area contributed by atoms with Crippen molar-refractivity contribution in [3.05, 3.63) is 69.2 Å². The maximum absolute atomic E-state index is 12.4. The molecule has 0 unspecified atom stereocenters. The monoisotopic (exact) mass is 322 g/mol. The summed E-state index contributed by atoms with van der Waals surface area (Å²) in [4.78, 5) is 23.8. The van der Waals surface area contributed by atoms with Gasteiger partial charge < -0.3 is 19.0 Å². The standard InChI is InChI=1S/C18H10O6/c19-10-3-1-9(2-4-10)14-7-12(20)17-13(21)8-15-11(18(17)24-14)5-6-16(22)23-15/h1-8,19,21H. The first-order valence-corrected chi connectivity index (χ1v) is 7.06. The Hall–Kier alpha value is -3.54. The van der Waals surface area contributed by atoms with Crippen LogP contribution in [0.1, 0.15) is 0 Å². The van der Waals surface area contributed by atoms with Gasteiger partial charge in [0.2, 0.25) is 0 Å². The van der Waals surface area contributed by atoms with Gasteiger partial charge >= 0.3 is 5.63 Å². The number of phenolic OH excluding ortho intramolecular Hbond substituents is 2. The second kappa shape index (κ2) is 4.99. The van der Waals surface area contributed by atoms with Crippen LogP contribution in [0.3, 0.4) is 0 Å². The second-order valence-corrected chi connectivity index (χ2v) is 5.29. The lowest BCUT2D eigenvalue weighted by Crippen LogP contribution is -2.02. The van der Waals surface area contributed by atoms with Crippen molar-refractivity contribution in [3.63, 3.8) is 0 Å². The number of hydrogen-bond acceptors (Lipinski definition) is 6. The van der Waals surface area contributed by atoms with Gasteiger partial charge in [0.05, 0.1) is 5.39 Å².